The van der Waals surface area contributed by atoms with E-state index in [0.717, 1.165) is 49.1 Å². The Hall–Kier alpha value is -2.21. The van der Waals surface area contributed by atoms with E-state index in [-0.39, 0.29) is 5.91 Å². The van der Waals surface area contributed by atoms with E-state index in [1.54, 1.807) is 18.9 Å². The first-order chi connectivity index (χ1) is 12.8. The number of thioether (sulfide) groups is 1. The van der Waals surface area contributed by atoms with Gasteiger partial charge in [0.1, 0.15) is 5.75 Å². The van der Waals surface area contributed by atoms with E-state index in [2.05, 4.69) is 22.0 Å². The average Bonchev–Trinajstić information content (AvgIpc) is 2.72. The number of piperazine rings is 1. The number of carbonyl (C=O) groups is 1. The Morgan fingerprint density at radius 3 is 2.54 bits per heavy atom. The van der Waals surface area contributed by atoms with Crippen LogP contribution in [0.1, 0.15) is 12.1 Å². The number of carbonyl (C=O) groups excluding carboxylic acids is 1. The highest BCUT2D eigenvalue weighted by Crippen LogP contribution is 2.21. The predicted molar refractivity (Wildman–Crippen MR) is 107 cm³/mol. The number of benzene rings is 1. The number of ether oxygens (including phenoxy) is 1. The van der Waals surface area contributed by atoms with Gasteiger partial charge in [0.05, 0.1) is 12.8 Å². The molecule has 26 heavy (non-hydrogen) atoms. The summed E-state index contributed by atoms with van der Waals surface area (Å²) in [5.74, 6) is 2.83. The van der Waals surface area contributed by atoms with Crippen LogP contribution < -0.4 is 9.64 Å². The van der Waals surface area contributed by atoms with Gasteiger partial charge >= 0.3 is 0 Å². The topological polar surface area (TPSA) is 45.7 Å². The van der Waals surface area contributed by atoms with Crippen LogP contribution in [0.5, 0.6) is 5.75 Å². The molecule has 6 heteroatoms. The lowest BCUT2D eigenvalue weighted by atomic mass is 10.2. The molecule has 0 atom stereocenters. The molecule has 1 aromatic carbocycles. The van der Waals surface area contributed by atoms with Crippen molar-refractivity contribution < 1.29 is 9.53 Å². The second-order valence-corrected chi connectivity index (χ2v) is 7.29. The molecule has 0 spiro atoms. The normalized spacial score (nSPS) is 14.3. The Labute approximate surface area is 159 Å². The monoisotopic (exact) mass is 371 g/mol. The highest BCUT2D eigenvalue weighted by Gasteiger charge is 2.20. The van der Waals surface area contributed by atoms with E-state index in [1.165, 1.54) is 5.69 Å². The van der Waals surface area contributed by atoms with Gasteiger partial charge in [-0.1, -0.05) is 6.07 Å². The standard InChI is InChI=1S/C20H25N3O2S/c1-25-19-7-5-18(6-8-19)22-11-13-23(14-12-22)20(24)9-15-26-16-17-4-2-3-10-21-17/h2-8,10H,9,11-16H2,1H3. The van der Waals surface area contributed by atoms with Crippen molar-refractivity contribution in [2.75, 3.05) is 43.9 Å². The smallest absolute Gasteiger partial charge is 0.223 e. The highest BCUT2D eigenvalue weighted by molar-refractivity contribution is 7.98. The Morgan fingerprint density at radius 1 is 1.12 bits per heavy atom. The molecular formula is C20H25N3O2S. The lowest BCUT2D eigenvalue weighted by Crippen LogP contribution is -2.48. The molecule has 1 aliphatic heterocycles. The van der Waals surface area contributed by atoms with Crippen molar-refractivity contribution in [1.29, 1.82) is 0 Å². The van der Waals surface area contributed by atoms with E-state index >= 15 is 0 Å². The van der Waals surface area contributed by atoms with Crippen LogP contribution >= 0.6 is 11.8 Å². The van der Waals surface area contributed by atoms with Crippen LogP contribution in [0.3, 0.4) is 0 Å². The van der Waals surface area contributed by atoms with Gasteiger partial charge in [0.15, 0.2) is 0 Å². The molecule has 3 rings (SSSR count). The molecule has 1 aromatic heterocycles. The minimum Gasteiger partial charge on any atom is -0.497 e. The molecule has 0 bridgehead atoms. The summed E-state index contributed by atoms with van der Waals surface area (Å²) in [6.07, 6.45) is 2.41. The molecule has 0 aliphatic carbocycles. The molecule has 1 amide bonds. The minimum atomic E-state index is 0.257. The van der Waals surface area contributed by atoms with Crippen LogP contribution in [0.2, 0.25) is 0 Å². The van der Waals surface area contributed by atoms with Crippen molar-refractivity contribution in [3.05, 3.63) is 54.4 Å². The summed E-state index contributed by atoms with van der Waals surface area (Å²) in [4.78, 5) is 21.0. The highest BCUT2D eigenvalue weighted by atomic mass is 32.2. The molecule has 2 heterocycles. The van der Waals surface area contributed by atoms with Gasteiger partial charge in [-0.25, -0.2) is 0 Å². The van der Waals surface area contributed by atoms with E-state index in [0.29, 0.717) is 6.42 Å². The zero-order valence-electron chi connectivity index (χ0n) is 15.1. The number of pyridine rings is 1. The van der Waals surface area contributed by atoms with Crippen LogP contribution in [-0.4, -0.2) is 54.8 Å². The summed E-state index contributed by atoms with van der Waals surface area (Å²) in [7, 11) is 1.67. The maximum Gasteiger partial charge on any atom is 0.223 e. The molecular weight excluding hydrogens is 346 g/mol. The molecule has 1 saturated heterocycles. The number of aromatic nitrogens is 1. The van der Waals surface area contributed by atoms with Crippen LogP contribution in [-0.2, 0) is 10.5 Å². The Balaban J connectivity index is 1.37. The summed E-state index contributed by atoms with van der Waals surface area (Å²) >= 11 is 1.77. The molecule has 5 nitrogen and oxygen atoms in total. The summed E-state index contributed by atoms with van der Waals surface area (Å²) in [5, 5.41) is 0. The number of methoxy groups -OCH3 is 1. The van der Waals surface area contributed by atoms with E-state index in [4.69, 9.17) is 4.74 Å². The van der Waals surface area contributed by atoms with Gasteiger partial charge in [0, 0.05) is 56.0 Å². The minimum absolute atomic E-state index is 0.257. The second kappa shape index (κ2) is 9.48. The third kappa shape index (κ3) is 5.14. The molecule has 0 saturated carbocycles. The van der Waals surface area contributed by atoms with Gasteiger partial charge in [-0.15, -0.1) is 0 Å². The van der Waals surface area contributed by atoms with Gasteiger partial charge in [-0.2, -0.15) is 11.8 Å². The largest absolute Gasteiger partial charge is 0.497 e. The number of nitrogens with zero attached hydrogens (tertiary/aromatic N) is 3. The quantitative estimate of drug-likeness (QED) is 0.700. The summed E-state index contributed by atoms with van der Waals surface area (Å²) < 4.78 is 5.20. The first-order valence-electron chi connectivity index (χ1n) is 8.90. The Bertz CT molecular complexity index is 686. The molecule has 0 radical (unpaired) electrons. The molecule has 1 aliphatic rings. The van der Waals surface area contributed by atoms with Crippen molar-refractivity contribution >= 4 is 23.4 Å². The van der Waals surface area contributed by atoms with E-state index in [1.807, 2.05) is 41.4 Å². The van der Waals surface area contributed by atoms with Crippen molar-refractivity contribution in [1.82, 2.24) is 9.88 Å². The third-order valence-corrected chi connectivity index (χ3v) is 5.50. The Morgan fingerprint density at radius 2 is 1.88 bits per heavy atom. The van der Waals surface area contributed by atoms with Crippen molar-refractivity contribution in [3.63, 3.8) is 0 Å². The number of rotatable bonds is 7. The molecule has 0 N–H and O–H groups in total. The van der Waals surface area contributed by atoms with Crippen LogP contribution in [0, 0.1) is 0 Å². The van der Waals surface area contributed by atoms with Crippen molar-refractivity contribution in [3.8, 4) is 5.75 Å². The SMILES string of the molecule is COc1ccc(N2CCN(C(=O)CCSCc3ccccn3)CC2)cc1. The third-order valence-electron chi connectivity index (χ3n) is 4.51. The van der Waals surface area contributed by atoms with Gasteiger partial charge < -0.3 is 14.5 Å². The first kappa shape index (κ1) is 18.6. The van der Waals surface area contributed by atoms with Crippen molar-refractivity contribution in [2.24, 2.45) is 0 Å². The molecule has 1 fully saturated rings. The lowest BCUT2D eigenvalue weighted by molar-refractivity contribution is -0.131. The maximum absolute atomic E-state index is 12.4. The van der Waals surface area contributed by atoms with Gasteiger partial charge in [0.2, 0.25) is 5.91 Å². The summed E-state index contributed by atoms with van der Waals surface area (Å²) in [6.45, 7) is 3.32. The van der Waals surface area contributed by atoms with Crippen LogP contribution in [0.4, 0.5) is 5.69 Å². The zero-order chi connectivity index (χ0) is 18.2. The summed E-state index contributed by atoms with van der Waals surface area (Å²) in [6, 6.07) is 14.0. The fourth-order valence-electron chi connectivity index (χ4n) is 2.98. The second-order valence-electron chi connectivity index (χ2n) is 6.19. The molecule has 2 aromatic rings. The number of amides is 1. The van der Waals surface area contributed by atoms with Gasteiger partial charge in [-0.05, 0) is 36.4 Å². The fourth-order valence-corrected chi connectivity index (χ4v) is 3.83. The predicted octanol–water partition coefficient (Wildman–Crippen LogP) is 3.06. The zero-order valence-corrected chi connectivity index (χ0v) is 16.0. The van der Waals surface area contributed by atoms with Crippen LogP contribution in [0.25, 0.3) is 0 Å². The van der Waals surface area contributed by atoms with Gasteiger partial charge in [-0.3, -0.25) is 9.78 Å². The molecule has 0 unspecified atom stereocenters. The fraction of sp³-hybridized carbons (Fsp3) is 0.400. The number of hydrogen-bond donors (Lipinski definition) is 0. The van der Waals surface area contributed by atoms with E-state index < -0.39 is 0 Å². The lowest BCUT2D eigenvalue weighted by Gasteiger charge is -2.36. The van der Waals surface area contributed by atoms with Crippen LogP contribution in [0.15, 0.2) is 48.7 Å². The number of anilines is 1. The maximum atomic E-state index is 12.4. The molecule has 138 valence electrons. The van der Waals surface area contributed by atoms with Crippen molar-refractivity contribution in [2.45, 2.75) is 12.2 Å². The van der Waals surface area contributed by atoms with E-state index in [9.17, 15) is 4.79 Å². The van der Waals surface area contributed by atoms with Gasteiger partial charge in [0.25, 0.3) is 0 Å². The summed E-state index contributed by atoms with van der Waals surface area (Å²) in [5.41, 5.74) is 2.25. The first-order valence-corrected chi connectivity index (χ1v) is 10.1. The number of hydrogen-bond acceptors (Lipinski definition) is 5. The Kier molecular flexibility index (Phi) is 6.77. The average molecular weight is 372 g/mol.